The molecule has 1 atom stereocenters. The molecule has 0 amide bonds. The van der Waals surface area contributed by atoms with Crippen LogP contribution in [0, 0.1) is 17.7 Å². The second kappa shape index (κ2) is 6.81. The molecule has 0 heterocycles. The third-order valence-electron chi connectivity index (χ3n) is 2.81. The third kappa shape index (κ3) is 3.55. The molecule has 0 aliphatic rings. The van der Waals surface area contributed by atoms with E-state index < -0.39 is 21.9 Å². The lowest BCUT2D eigenvalue weighted by Gasteiger charge is -2.23. The quantitative estimate of drug-likeness (QED) is 0.775. The molecule has 0 radical (unpaired) electrons. The van der Waals surface area contributed by atoms with Crippen molar-refractivity contribution < 1.29 is 17.9 Å². The van der Waals surface area contributed by atoms with Crippen LogP contribution in [-0.2, 0) is 10.0 Å². The van der Waals surface area contributed by atoms with Gasteiger partial charge in [-0.3, -0.25) is 0 Å². The van der Waals surface area contributed by atoms with Crippen LogP contribution in [-0.4, -0.2) is 44.1 Å². The zero-order valence-corrected chi connectivity index (χ0v) is 12.1. The number of nitrogens with zero attached hydrogens (tertiary/aromatic N) is 1. The average Bonchev–Trinajstić information content (AvgIpc) is 2.43. The molecule has 0 saturated heterocycles. The number of hydrogen-bond acceptors (Lipinski definition) is 4. The van der Waals surface area contributed by atoms with E-state index in [2.05, 4.69) is 11.8 Å². The van der Waals surface area contributed by atoms with E-state index in [1.807, 2.05) is 0 Å². The first-order valence-corrected chi connectivity index (χ1v) is 7.36. The van der Waals surface area contributed by atoms with Gasteiger partial charge in [-0.05, 0) is 25.1 Å². The van der Waals surface area contributed by atoms with Gasteiger partial charge in [0.1, 0.15) is 5.82 Å². The second-order valence-electron chi connectivity index (χ2n) is 4.20. The van der Waals surface area contributed by atoms with Crippen LogP contribution < -0.4 is 5.73 Å². The van der Waals surface area contributed by atoms with E-state index in [0.29, 0.717) is 0 Å². The Morgan fingerprint density at radius 3 is 2.70 bits per heavy atom. The summed E-state index contributed by atoms with van der Waals surface area (Å²) in [7, 11) is -2.52. The minimum Gasteiger partial charge on any atom is -0.395 e. The second-order valence-corrected chi connectivity index (χ2v) is 6.17. The van der Waals surface area contributed by atoms with Gasteiger partial charge in [0.15, 0.2) is 0 Å². The summed E-state index contributed by atoms with van der Waals surface area (Å²) in [4.78, 5) is -0.109. The fraction of sp³-hybridized carbons (Fsp3) is 0.385. The Hall–Kier alpha value is -1.46. The van der Waals surface area contributed by atoms with Crippen LogP contribution in [0.2, 0.25) is 0 Å². The normalized spacial score (nSPS) is 12.9. The Morgan fingerprint density at radius 2 is 2.15 bits per heavy atom. The number of hydrogen-bond donors (Lipinski definition) is 2. The molecule has 0 aromatic heterocycles. The third-order valence-corrected chi connectivity index (χ3v) is 4.84. The predicted molar refractivity (Wildman–Crippen MR) is 73.8 cm³/mol. The highest BCUT2D eigenvalue weighted by molar-refractivity contribution is 7.89. The van der Waals surface area contributed by atoms with Gasteiger partial charge in [-0.1, -0.05) is 11.8 Å². The highest BCUT2D eigenvalue weighted by Gasteiger charge is 2.27. The lowest BCUT2D eigenvalue weighted by molar-refractivity contribution is 0.214. The van der Waals surface area contributed by atoms with E-state index in [4.69, 9.17) is 10.8 Å². The summed E-state index contributed by atoms with van der Waals surface area (Å²) in [6.07, 6.45) is 0. The van der Waals surface area contributed by atoms with Gasteiger partial charge in [0.05, 0.1) is 18.0 Å². The fourth-order valence-electron chi connectivity index (χ4n) is 1.48. The lowest BCUT2D eigenvalue weighted by atomic mass is 10.2. The Kier molecular flexibility index (Phi) is 5.65. The molecule has 3 N–H and O–H groups in total. The van der Waals surface area contributed by atoms with Crippen molar-refractivity contribution in [2.45, 2.75) is 17.9 Å². The summed E-state index contributed by atoms with van der Waals surface area (Å²) in [5.41, 5.74) is 5.29. The smallest absolute Gasteiger partial charge is 0.244 e. The topological polar surface area (TPSA) is 83.6 Å². The van der Waals surface area contributed by atoms with Gasteiger partial charge in [0.25, 0.3) is 0 Å². The zero-order chi connectivity index (χ0) is 15.3. The maximum atomic E-state index is 13.2. The lowest BCUT2D eigenvalue weighted by Crippen LogP contribution is -2.37. The van der Waals surface area contributed by atoms with E-state index >= 15 is 0 Å². The van der Waals surface area contributed by atoms with Gasteiger partial charge < -0.3 is 10.8 Å². The molecule has 1 unspecified atom stereocenters. The Balaban J connectivity index is 3.38. The van der Waals surface area contributed by atoms with Crippen molar-refractivity contribution in [2.24, 2.45) is 5.73 Å². The number of aliphatic hydroxyl groups excluding tert-OH is 1. The summed E-state index contributed by atoms with van der Waals surface area (Å²) in [5.74, 6) is 4.47. The largest absolute Gasteiger partial charge is 0.395 e. The summed E-state index contributed by atoms with van der Waals surface area (Å²) < 4.78 is 39.1. The van der Waals surface area contributed by atoms with Crippen molar-refractivity contribution in [3.05, 3.63) is 29.6 Å². The summed E-state index contributed by atoms with van der Waals surface area (Å²) in [6, 6.07) is 2.66. The highest BCUT2D eigenvalue weighted by Crippen LogP contribution is 2.21. The Morgan fingerprint density at radius 1 is 1.50 bits per heavy atom. The number of benzene rings is 1. The van der Waals surface area contributed by atoms with E-state index in [1.165, 1.54) is 7.05 Å². The van der Waals surface area contributed by atoms with Crippen molar-refractivity contribution in [3.63, 3.8) is 0 Å². The van der Waals surface area contributed by atoms with Crippen LogP contribution >= 0.6 is 0 Å². The average molecular weight is 300 g/mol. The van der Waals surface area contributed by atoms with Crippen molar-refractivity contribution in [1.82, 2.24) is 4.31 Å². The van der Waals surface area contributed by atoms with Gasteiger partial charge >= 0.3 is 0 Å². The molecule has 1 aromatic rings. The molecular weight excluding hydrogens is 283 g/mol. The van der Waals surface area contributed by atoms with Gasteiger partial charge in [0, 0.05) is 18.7 Å². The Bertz CT molecular complexity index is 635. The maximum Gasteiger partial charge on any atom is 0.244 e. The molecule has 0 fully saturated rings. The molecular formula is C13H17FN2O3S. The highest BCUT2D eigenvalue weighted by atomic mass is 32.2. The van der Waals surface area contributed by atoms with Crippen LogP contribution in [0.15, 0.2) is 23.1 Å². The number of rotatable bonds is 4. The molecule has 7 heteroatoms. The molecule has 0 aliphatic heterocycles. The van der Waals surface area contributed by atoms with E-state index in [1.54, 1.807) is 6.92 Å². The van der Waals surface area contributed by atoms with Gasteiger partial charge in [-0.25, -0.2) is 12.8 Å². The molecule has 20 heavy (non-hydrogen) atoms. The first kappa shape index (κ1) is 16.6. The van der Waals surface area contributed by atoms with Crippen molar-refractivity contribution in [2.75, 3.05) is 20.2 Å². The predicted octanol–water partition coefficient (Wildman–Crippen LogP) is 0.137. The first-order valence-electron chi connectivity index (χ1n) is 5.92. The van der Waals surface area contributed by atoms with Crippen LogP contribution in [0.3, 0.4) is 0 Å². The monoisotopic (exact) mass is 300 g/mol. The first-order chi connectivity index (χ1) is 9.34. The van der Waals surface area contributed by atoms with Crippen LogP contribution in [0.25, 0.3) is 0 Å². The van der Waals surface area contributed by atoms with Crippen LogP contribution in [0.4, 0.5) is 4.39 Å². The summed E-state index contributed by atoms with van der Waals surface area (Å²) >= 11 is 0. The van der Waals surface area contributed by atoms with Gasteiger partial charge in [-0.2, -0.15) is 4.31 Å². The molecule has 1 aromatic carbocycles. The number of halogens is 1. The van der Waals surface area contributed by atoms with Crippen molar-refractivity contribution >= 4 is 10.0 Å². The molecule has 0 bridgehead atoms. The van der Waals surface area contributed by atoms with E-state index in [0.717, 1.165) is 22.5 Å². The standard InChI is InChI=1S/C13H17FN2O3S/c1-10(9-17)16(2)20(18,19)13-6-5-12(14)8-11(13)4-3-7-15/h5-6,8,10,17H,7,9,15H2,1-2H3. The Labute approximate surface area is 118 Å². The summed E-state index contributed by atoms with van der Waals surface area (Å²) in [5, 5.41) is 9.06. The molecule has 1 rings (SSSR count). The van der Waals surface area contributed by atoms with Crippen molar-refractivity contribution in [1.29, 1.82) is 0 Å². The van der Waals surface area contributed by atoms with Crippen LogP contribution in [0.5, 0.6) is 0 Å². The minimum atomic E-state index is -3.86. The van der Waals surface area contributed by atoms with Crippen LogP contribution in [0.1, 0.15) is 12.5 Å². The number of likely N-dealkylation sites (N-methyl/N-ethyl adjacent to an activating group) is 1. The minimum absolute atomic E-state index is 0.0406. The van der Waals surface area contributed by atoms with Gasteiger partial charge in [0.2, 0.25) is 10.0 Å². The number of sulfonamides is 1. The molecule has 0 spiro atoms. The zero-order valence-electron chi connectivity index (χ0n) is 11.3. The van der Waals surface area contributed by atoms with E-state index in [-0.39, 0.29) is 23.6 Å². The molecule has 110 valence electrons. The molecule has 0 saturated carbocycles. The number of nitrogens with two attached hydrogens (primary N) is 1. The SMILES string of the molecule is CC(CO)N(C)S(=O)(=O)c1ccc(F)cc1C#CCN. The number of aliphatic hydroxyl groups is 1. The van der Waals surface area contributed by atoms with E-state index in [9.17, 15) is 12.8 Å². The fourth-order valence-corrected chi connectivity index (χ4v) is 2.96. The summed E-state index contributed by atoms with van der Waals surface area (Å²) in [6.45, 7) is 1.28. The maximum absolute atomic E-state index is 13.2. The van der Waals surface area contributed by atoms with Crippen molar-refractivity contribution in [3.8, 4) is 11.8 Å². The molecule has 0 aliphatic carbocycles. The van der Waals surface area contributed by atoms with Gasteiger partial charge in [-0.15, -0.1) is 0 Å². The molecule has 5 nitrogen and oxygen atoms in total.